The van der Waals surface area contributed by atoms with Gasteiger partial charge in [0.05, 0.1) is 38.4 Å². The van der Waals surface area contributed by atoms with Crippen LogP contribution in [0.5, 0.6) is 0 Å². The summed E-state index contributed by atoms with van der Waals surface area (Å²) in [6.07, 6.45) is 6.22. The monoisotopic (exact) mass is 353 g/mol. The zero-order chi connectivity index (χ0) is 14.7. The Bertz CT molecular complexity index is 189. The van der Waals surface area contributed by atoms with E-state index in [2.05, 4.69) is 13.8 Å². The molecule has 0 rings (SSSR count). The van der Waals surface area contributed by atoms with Gasteiger partial charge in [-0.2, -0.15) is 0 Å². The molecule has 2 atom stereocenters. The molecular weight excluding hydrogens is 318 g/mol. The van der Waals surface area contributed by atoms with Crippen molar-refractivity contribution >= 4 is 0 Å². The Morgan fingerprint density at radius 1 is 0.750 bits per heavy atom. The lowest BCUT2D eigenvalue weighted by Crippen LogP contribution is -3.00. The summed E-state index contributed by atoms with van der Waals surface area (Å²) in [7, 11) is 0. The molecule has 0 aliphatic rings. The first kappa shape index (κ1) is 22.6. The summed E-state index contributed by atoms with van der Waals surface area (Å²) in [6, 6.07) is 0. The fourth-order valence-electron chi connectivity index (χ4n) is 2.58. The van der Waals surface area contributed by atoms with Crippen molar-refractivity contribution in [1.29, 1.82) is 0 Å². The van der Waals surface area contributed by atoms with Crippen molar-refractivity contribution in [3.05, 3.63) is 0 Å². The Kier molecular flexibility index (Phi) is 14.8. The van der Waals surface area contributed by atoms with Crippen LogP contribution in [0, 0.1) is 0 Å². The van der Waals surface area contributed by atoms with Gasteiger partial charge in [-0.1, -0.05) is 26.7 Å². The molecular formula is C16H36BrNO2. The van der Waals surface area contributed by atoms with Crippen LogP contribution in [0.1, 0.15) is 66.2 Å². The lowest BCUT2D eigenvalue weighted by molar-refractivity contribution is -0.929. The van der Waals surface area contributed by atoms with Gasteiger partial charge >= 0.3 is 0 Å². The first-order valence-electron chi connectivity index (χ1n) is 8.17. The molecule has 0 heterocycles. The summed E-state index contributed by atoms with van der Waals surface area (Å²) in [6.45, 7) is 12.7. The van der Waals surface area contributed by atoms with Crippen LogP contribution in [0.2, 0.25) is 0 Å². The van der Waals surface area contributed by atoms with Crippen molar-refractivity contribution < 1.29 is 31.7 Å². The molecule has 0 fully saturated rings. The molecule has 0 spiro atoms. The number of nitrogens with zero attached hydrogens (tertiary/aromatic N) is 1. The Morgan fingerprint density at radius 3 is 1.35 bits per heavy atom. The molecule has 20 heavy (non-hydrogen) atoms. The van der Waals surface area contributed by atoms with Gasteiger partial charge in [0.2, 0.25) is 0 Å². The van der Waals surface area contributed by atoms with Crippen molar-refractivity contribution in [2.75, 3.05) is 26.2 Å². The molecule has 2 unspecified atom stereocenters. The number of hydrogen-bond acceptors (Lipinski definition) is 2. The van der Waals surface area contributed by atoms with Gasteiger partial charge in [0.25, 0.3) is 0 Å². The van der Waals surface area contributed by atoms with Gasteiger partial charge in [-0.05, 0) is 26.7 Å². The van der Waals surface area contributed by atoms with E-state index in [0.717, 1.165) is 30.4 Å². The smallest absolute Gasteiger partial charge is 0.0811 e. The predicted molar refractivity (Wildman–Crippen MR) is 82.1 cm³/mol. The Labute approximate surface area is 136 Å². The summed E-state index contributed by atoms with van der Waals surface area (Å²) < 4.78 is 1.08. The van der Waals surface area contributed by atoms with Gasteiger partial charge in [-0.15, -0.1) is 0 Å². The van der Waals surface area contributed by atoms with E-state index in [1.54, 1.807) is 0 Å². The zero-order valence-electron chi connectivity index (χ0n) is 13.9. The fraction of sp³-hybridized carbons (Fsp3) is 1.00. The third-order valence-electron chi connectivity index (χ3n) is 4.01. The van der Waals surface area contributed by atoms with Crippen molar-refractivity contribution in [2.45, 2.75) is 78.4 Å². The number of unbranched alkanes of at least 4 members (excludes halogenated alkanes) is 2. The van der Waals surface area contributed by atoms with E-state index >= 15 is 0 Å². The molecule has 0 aromatic heterocycles. The summed E-state index contributed by atoms with van der Waals surface area (Å²) in [5, 5.41) is 19.2. The Balaban J connectivity index is 0. The molecule has 0 radical (unpaired) electrons. The van der Waals surface area contributed by atoms with E-state index < -0.39 is 0 Å². The molecule has 0 aromatic carbocycles. The van der Waals surface area contributed by atoms with Gasteiger partial charge in [0.1, 0.15) is 0 Å². The number of hydrogen-bond donors (Lipinski definition) is 2. The van der Waals surface area contributed by atoms with E-state index in [4.69, 9.17) is 0 Å². The Hall–Kier alpha value is 0.360. The average molecular weight is 354 g/mol. The van der Waals surface area contributed by atoms with Gasteiger partial charge in [0.15, 0.2) is 0 Å². The zero-order valence-corrected chi connectivity index (χ0v) is 15.5. The van der Waals surface area contributed by atoms with Gasteiger partial charge in [-0.25, -0.2) is 0 Å². The number of aliphatic hydroxyl groups excluding tert-OH is 2. The number of quaternary nitrogens is 1. The molecule has 4 heteroatoms. The number of rotatable bonds is 12. The SMILES string of the molecule is CCCC[N+](CCCC)(CCC(C)O)CCC(C)O.[Br-]. The van der Waals surface area contributed by atoms with Crippen molar-refractivity contribution in [3.8, 4) is 0 Å². The first-order chi connectivity index (χ1) is 8.95. The summed E-state index contributed by atoms with van der Waals surface area (Å²) in [5.74, 6) is 0. The first-order valence-corrected chi connectivity index (χ1v) is 8.17. The van der Waals surface area contributed by atoms with Crippen LogP contribution in [0.15, 0.2) is 0 Å². The van der Waals surface area contributed by atoms with Gasteiger partial charge in [-0.3, -0.25) is 0 Å². The van der Waals surface area contributed by atoms with Crippen molar-refractivity contribution in [1.82, 2.24) is 0 Å². The van der Waals surface area contributed by atoms with E-state index in [0.29, 0.717) is 0 Å². The molecule has 0 aliphatic heterocycles. The highest BCUT2D eigenvalue weighted by molar-refractivity contribution is 4.54. The topological polar surface area (TPSA) is 40.5 Å². The maximum atomic E-state index is 9.58. The molecule has 0 bridgehead atoms. The lowest BCUT2D eigenvalue weighted by Gasteiger charge is -2.40. The van der Waals surface area contributed by atoms with E-state index in [9.17, 15) is 10.2 Å². The highest BCUT2D eigenvalue weighted by atomic mass is 79.9. The minimum atomic E-state index is -0.215. The third kappa shape index (κ3) is 11.1. The van der Waals surface area contributed by atoms with Crippen LogP contribution in [0.25, 0.3) is 0 Å². The van der Waals surface area contributed by atoms with Crippen LogP contribution >= 0.6 is 0 Å². The number of aliphatic hydroxyl groups is 2. The second kappa shape index (κ2) is 13.1. The lowest BCUT2D eigenvalue weighted by atomic mass is 10.1. The van der Waals surface area contributed by atoms with Crippen molar-refractivity contribution in [2.24, 2.45) is 0 Å². The van der Waals surface area contributed by atoms with Crippen LogP contribution in [-0.2, 0) is 0 Å². The van der Waals surface area contributed by atoms with Gasteiger partial charge < -0.3 is 31.7 Å². The van der Waals surface area contributed by atoms with E-state index in [1.165, 1.54) is 38.8 Å². The van der Waals surface area contributed by atoms with Crippen LogP contribution in [0.4, 0.5) is 0 Å². The predicted octanol–water partition coefficient (Wildman–Crippen LogP) is -0.0508. The van der Waals surface area contributed by atoms with Crippen LogP contribution in [0.3, 0.4) is 0 Å². The minimum absolute atomic E-state index is 0. The Morgan fingerprint density at radius 2 is 1.10 bits per heavy atom. The largest absolute Gasteiger partial charge is 1.00 e. The van der Waals surface area contributed by atoms with Crippen LogP contribution in [-0.4, -0.2) is 53.1 Å². The van der Waals surface area contributed by atoms with Crippen LogP contribution < -0.4 is 17.0 Å². The molecule has 0 amide bonds. The highest BCUT2D eigenvalue weighted by Gasteiger charge is 2.26. The molecule has 0 saturated heterocycles. The second-order valence-corrected chi connectivity index (χ2v) is 6.22. The standard InChI is InChI=1S/C16H36NO2.BrH/c1-5-7-11-17(12-8-6-2,13-9-15(3)18)14-10-16(4)19;/h15-16,18-19H,5-14H2,1-4H3;1H/q+1;/p-1. The maximum Gasteiger partial charge on any atom is 0.0811 e. The summed E-state index contributed by atoms with van der Waals surface area (Å²) in [5.41, 5.74) is 0. The molecule has 0 aromatic rings. The van der Waals surface area contributed by atoms with Crippen molar-refractivity contribution in [3.63, 3.8) is 0 Å². The summed E-state index contributed by atoms with van der Waals surface area (Å²) in [4.78, 5) is 0. The minimum Gasteiger partial charge on any atom is -1.00 e. The van der Waals surface area contributed by atoms with E-state index in [-0.39, 0.29) is 29.2 Å². The summed E-state index contributed by atoms with van der Waals surface area (Å²) >= 11 is 0. The molecule has 0 saturated carbocycles. The second-order valence-electron chi connectivity index (χ2n) is 6.22. The molecule has 2 N–H and O–H groups in total. The third-order valence-corrected chi connectivity index (χ3v) is 4.01. The van der Waals surface area contributed by atoms with E-state index in [1.807, 2.05) is 13.8 Å². The fourth-order valence-corrected chi connectivity index (χ4v) is 2.58. The maximum absolute atomic E-state index is 9.58. The number of halogens is 1. The highest BCUT2D eigenvalue weighted by Crippen LogP contribution is 2.16. The average Bonchev–Trinajstić information content (AvgIpc) is 2.37. The quantitative estimate of drug-likeness (QED) is 0.483. The molecule has 0 aliphatic carbocycles. The van der Waals surface area contributed by atoms with Gasteiger partial charge in [0, 0.05) is 12.8 Å². The normalized spacial score (nSPS) is 14.7. The molecule has 124 valence electrons. The molecule has 3 nitrogen and oxygen atoms in total.